The molecule has 5 heteroatoms. The molecule has 0 spiro atoms. The molecule has 0 aromatic heterocycles. The third-order valence-electron chi connectivity index (χ3n) is 5.35. The highest BCUT2D eigenvalue weighted by Gasteiger charge is 2.38. The fourth-order valence-electron chi connectivity index (χ4n) is 3.51. The number of hydrogen-bond donors (Lipinski definition) is 0. The van der Waals surface area contributed by atoms with Gasteiger partial charge in [-0.15, -0.1) is 0 Å². The molecule has 0 aliphatic carbocycles. The Morgan fingerprint density at radius 1 is 0.821 bits per heavy atom. The van der Waals surface area contributed by atoms with Crippen LogP contribution in [0.2, 0.25) is 0 Å². The van der Waals surface area contributed by atoms with Crippen molar-refractivity contribution in [2.75, 3.05) is 40.5 Å². The van der Waals surface area contributed by atoms with Gasteiger partial charge in [0.25, 0.3) is 5.97 Å². The third-order valence-corrected chi connectivity index (χ3v) is 5.35. The molecule has 166 valence electrons. The normalized spacial score (nSPS) is 16.8. The van der Waals surface area contributed by atoms with Gasteiger partial charge in [-0.05, 0) is 20.5 Å². The van der Waals surface area contributed by atoms with E-state index in [2.05, 4.69) is 11.8 Å². The van der Waals surface area contributed by atoms with Crippen LogP contribution >= 0.6 is 0 Å². The van der Waals surface area contributed by atoms with Crippen LogP contribution in [0.4, 0.5) is 0 Å². The van der Waals surface area contributed by atoms with Gasteiger partial charge >= 0.3 is 0 Å². The van der Waals surface area contributed by atoms with E-state index in [1.165, 1.54) is 70.6 Å². The number of ketones is 1. The average molecular weight is 400 g/mol. The van der Waals surface area contributed by atoms with Gasteiger partial charge in [0.1, 0.15) is 13.2 Å². The predicted molar refractivity (Wildman–Crippen MR) is 114 cm³/mol. The Morgan fingerprint density at radius 3 is 1.75 bits per heavy atom. The molecule has 1 heterocycles. The van der Waals surface area contributed by atoms with Gasteiger partial charge in [0.15, 0.2) is 5.78 Å². The van der Waals surface area contributed by atoms with Crippen LogP contribution < -0.4 is 0 Å². The first kappa shape index (κ1) is 25.5. The van der Waals surface area contributed by atoms with Crippen molar-refractivity contribution in [2.24, 2.45) is 0 Å². The molecule has 0 N–H and O–H groups in total. The zero-order chi connectivity index (χ0) is 20.5. The first-order valence-electron chi connectivity index (χ1n) is 11.7. The van der Waals surface area contributed by atoms with E-state index >= 15 is 0 Å². The van der Waals surface area contributed by atoms with E-state index in [1.54, 1.807) is 0 Å². The molecule has 1 fully saturated rings. The van der Waals surface area contributed by atoms with Crippen molar-refractivity contribution in [1.29, 1.82) is 0 Å². The highest BCUT2D eigenvalue weighted by Crippen LogP contribution is 2.26. The van der Waals surface area contributed by atoms with E-state index in [4.69, 9.17) is 14.2 Å². The lowest BCUT2D eigenvalue weighted by Gasteiger charge is -2.36. The molecule has 1 aliphatic rings. The standard InChI is InChI=1S/C23H45NO4/c1-4-5-6-7-8-9-10-11-12-13-14-15-16-17-23(26-19-18-24(2)3)27-20-22(25)21-28-23/h4-21H2,1-3H3. The summed E-state index contributed by atoms with van der Waals surface area (Å²) in [4.78, 5) is 13.5. The summed E-state index contributed by atoms with van der Waals surface area (Å²) in [6.45, 7) is 3.82. The Bertz CT molecular complexity index is 377. The van der Waals surface area contributed by atoms with Crippen LogP contribution in [-0.2, 0) is 19.0 Å². The molecule has 0 radical (unpaired) electrons. The number of nitrogens with zero attached hydrogens (tertiary/aromatic N) is 1. The Kier molecular flexibility index (Phi) is 14.9. The average Bonchev–Trinajstić information content (AvgIpc) is 2.67. The minimum absolute atomic E-state index is 0.0165. The molecule has 0 amide bonds. The van der Waals surface area contributed by atoms with Gasteiger partial charge in [-0.2, -0.15) is 0 Å². The maximum atomic E-state index is 11.4. The van der Waals surface area contributed by atoms with Gasteiger partial charge in [-0.25, -0.2) is 0 Å². The third kappa shape index (κ3) is 12.9. The van der Waals surface area contributed by atoms with Crippen molar-refractivity contribution >= 4 is 5.78 Å². The SMILES string of the molecule is CCCCCCCCCCCCCCCC1(OCCN(C)C)OCC(=O)CO1. The van der Waals surface area contributed by atoms with E-state index in [0.717, 1.165) is 19.4 Å². The van der Waals surface area contributed by atoms with Crippen LogP contribution in [0.3, 0.4) is 0 Å². The van der Waals surface area contributed by atoms with Crippen LogP contribution in [0.25, 0.3) is 0 Å². The first-order chi connectivity index (χ1) is 13.6. The van der Waals surface area contributed by atoms with Gasteiger partial charge in [0, 0.05) is 13.0 Å². The molecule has 0 aromatic carbocycles. The highest BCUT2D eigenvalue weighted by molar-refractivity contribution is 5.81. The van der Waals surface area contributed by atoms with Gasteiger partial charge in [0.05, 0.1) is 6.61 Å². The lowest BCUT2D eigenvalue weighted by molar-refractivity contribution is -0.389. The van der Waals surface area contributed by atoms with Crippen LogP contribution in [-0.4, -0.2) is 57.1 Å². The van der Waals surface area contributed by atoms with Crippen LogP contribution in [0, 0.1) is 0 Å². The molecule has 1 saturated heterocycles. The van der Waals surface area contributed by atoms with Crippen molar-refractivity contribution in [1.82, 2.24) is 4.90 Å². The maximum Gasteiger partial charge on any atom is 0.283 e. The molecule has 28 heavy (non-hydrogen) atoms. The molecule has 1 aliphatic heterocycles. The molecule has 0 unspecified atom stereocenters. The second kappa shape index (κ2) is 16.3. The summed E-state index contributed by atoms with van der Waals surface area (Å²) < 4.78 is 17.2. The number of unbranched alkanes of at least 4 members (excludes halogenated alkanes) is 12. The zero-order valence-corrected chi connectivity index (χ0v) is 18.8. The second-order valence-electron chi connectivity index (χ2n) is 8.44. The highest BCUT2D eigenvalue weighted by atomic mass is 16.9. The summed E-state index contributed by atoms with van der Waals surface area (Å²) in [6.07, 6.45) is 17.9. The summed E-state index contributed by atoms with van der Waals surface area (Å²) in [5.74, 6) is -1.03. The van der Waals surface area contributed by atoms with Crippen molar-refractivity contribution in [3.05, 3.63) is 0 Å². The predicted octanol–water partition coefficient (Wildman–Crippen LogP) is 5.32. The molecule has 0 atom stereocenters. The van der Waals surface area contributed by atoms with E-state index < -0.39 is 5.97 Å². The Labute approximate surface area is 173 Å². The van der Waals surface area contributed by atoms with Gasteiger partial charge < -0.3 is 19.1 Å². The largest absolute Gasteiger partial charge is 0.326 e. The molecule has 5 nitrogen and oxygen atoms in total. The van der Waals surface area contributed by atoms with E-state index in [0.29, 0.717) is 13.0 Å². The van der Waals surface area contributed by atoms with Crippen molar-refractivity contribution in [3.8, 4) is 0 Å². The smallest absolute Gasteiger partial charge is 0.283 e. The number of ether oxygens (including phenoxy) is 3. The number of rotatable bonds is 18. The molecular formula is C23H45NO4. The number of hydrogen-bond acceptors (Lipinski definition) is 5. The number of Topliss-reactive ketones (excluding diaryl/α,β-unsaturated/α-hetero) is 1. The molecule has 0 bridgehead atoms. The summed E-state index contributed by atoms with van der Waals surface area (Å²) in [5.41, 5.74) is 0. The van der Waals surface area contributed by atoms with E-state index in [1.807, 2.05) is 14.1 Å². The minimum Gasteiger partial charge on any atom is -0.326 e. The lowest BCUT2D eigenvalue weighted by atomic mass is 10.0. The van der Waals surface area contributed by atoms with Crippen molar-refractivity contribution in [2.45, 2.75) is 103 Å². The van der Waals surface area contributed by atoms with Crippen LogP contribution in [0.1, 0.15) is 96.8 Å². The fourth-order valence-corrected chi connectivity index (χ4v) is 3.51. The van der Waals surface area contributed by atoms with Crippen molar-refractivity contribution in [3.63, 3.8) is 0 Å². The molecule has 0 saturated carbocycles. The molecule has 0 aromatic rings. The lowest BCUT2D eigenvalue weighted by Crippen LogP contribution is -2.47. The van der Waals surface area contributed by atoms with Gasteiger partial charge in [-0.1, -0.05) is 84.0 Å². The number of carbonyl (C=O) groups excluding carboxylic acids is 1. The molecule has 1 rings (SSSR count). The topological polar surface area (TPSA) is 48.0 Å². The summed E-state index contributed by atoms with van der Waals surface area (Å²) in [7, 11) is 4.02. The zero-order valence-electron chi connectivity index (χ0n) is 18.8. The fraction of sp³-hybridized carbons (Fsp3) is 0.957. The Hall–Kier alpha value is -0.490. The van der Waals surface area contributed by atoms with E-state index in [-0.39, 0.29) is 19.0 Å². The van der Waals surface area contributed by atoms with Crippen molar-refractivity contribution < 1.29 is 19.0 Å². The summed E-state index contributed by atoms with van der Waals surface area (Å²) in [5, 5.41) is 0. The summed E-state index contributed by atoms with van der Waals surface area (Å²) in [6, 6.07) is 0. The molecular weight excluding hydrogens is 354 g/mol. The van der Waals surface area contributed by atoms with Crippen LogP contribution in [0.5, 0.6) is 0 Å². The monoisotopic (exact) mass is 399 g/mol. The second-order valence-corrected chi connectivity index (χ2v) is 8.44. The minimum atomic E-state index is -1.01. The maximum absolute atomic E-state index is 11.4. The van der Waals surface area contributed by atoms with Gasteiger partial charge in [0.2, 0.25) is 0 Å². The van der Waals surface area contributed by atoms with E-state index in [9.17, 15) is 4.79 Å². The first-order valence-corrected chi connectivity index (χ1v) is 11.7. The van der Waals surface area contributed by atoms with Gasteiger partial charge in [-0.3, -0.25) is 4.79 Å². The Balaban J connectivity index is 2.04. The summed E-state index contributed by atoms with van der Waals surface area (Å²) >= 11 is 0. The number of carbonyl (C=O) groups is 1. The van der Waals surface area contributed by atoms with Crippen LogP contribution in [0.15, 0.2) is 0 Å². The number of likely N-dealkylation sites (N-methyl/N-ethyl adjacent to an activating group) is 1. The quantitative estimate of drug-likeness (QED) is 0.292. The Morgan fingerprint density at radius 2 is 1.29 bits per heavy atom.